The van der Waals surface area contributed by atoms with Crippen LogP contribution in [0.5, 0.6) is 0 Å². The third kappa shape index (κ3) is 1.86. The summed E-state index contributed by atoms with van der Waals surface area (Å²) in [6.45, 7) is 4.57. The molecule has 0 fully saturated rings. The Bertz CT molecular complexity index is 692. The number of rotatable bonds is 2. The van der Waals surface area contributed by atoms with Crippen LogP contribution in [0.2, 0.25) is 0 Å². The highest BCUT2D eigenvalue weighted by molar-refractivity contribution is 9.10. The predicted molar refractivity (Wildman–Crippen MR) is 74.7 cm³/mol. The first kappa shape index (κ1) is 11.5. The normalized spacial score (nSPS) is 11.3. The molecule has 0 spiro atoms. The zero-order valence-corrected chi connectivity index (χ0v) is 11.9. The molecule has 4 heteroatoms. The Kier molecular flexibility index (Phi) is 2.74. The van der Waals surface area contributed by atoms with Crippen molar-refractivity contribution in [3.05, 3.63) is 52.3 Å². The molecular formula is C14H13BrN2O. The first-order valence-corrected chi connectivity index (χ1v) is 6.61. The number of hydrogen-bond acceptors (Lipinski definition) is 2. The quantitative estimate of drug-likeness (QED) is 0.715. The van der Waals surface area contributed by atoms with E-state index >= 15 is 0 Å². The molecule has 0 radical (unpaired) electrons. The molecule has 0 saturated heterocycles. The van der Waals surface area contributed by atoms with Crippen LogP contribution in [0.4, 0.5) is 0 Å². The van der Waals surface area contributed by atoms with Gasteiger partial charge in [0.25, 0.3) is 0 Å². The van der Waals surface area contributed by atoms with Crippen molar-refractivity contribution in [1.82, 2.24) is 9.55 Å². The average Bonchev–Trinajstić information content (AvgIpc) is 2.86. The SMILES string of the molecule is Cc1nc(Cn2ccc3c(Br)cccc32)oc1C. The van der Waals surface area contributed by atoms with Crippen molar-refractivity contribution in [2.24, 2.45) is 0 Å². The molecule has 2 aromatic heterocycles. The van der Waals surface area contributed by atoms with Crippen molar-refractivity contribution >= 4 is 26.8 Å². The maximum atomic E-state index is 5.62. The lowest BCUT2D eigenvalue weighted by molar-refractivity contribution is 0.459. The summed E-state index contributed by atoms with van der Waals surface area (Å²) in [6.07, 6.45) is 2.06. The molecule has 2 heterocycles. The summed E-state index contributed by atoms with van der Waals surface area (Å²) in [6, 6.07) is 8.28. The maximum Gasteiger partial charge on any atom is 0.214 e. The van der Waals surface area contributed by atoms with Gasteiger partial charge in [0.05, 0.1) is 12.2 Å². The summed E-state index contributed by atoms with van der Waals surface area (Å²) in [5.41, 5.74) is 2.14. The van der Waals surface area contributed by atoms with E-state index in [1.165, 1.54) is 10.9 Å². The van der Waals surface area contributed by atoms with E-state index in [0.29, 0.717) is 6.54 Å². The molecular weight excluding hydrogens is 292 g/mol. The Morgan fingerprint density at radius 3 is 2.83 bits per heavy atom. The number of aryl methyl sites for hydroxylation is 2. The third-order valence-electron chi connectivity index (χ3n) is 3.14. The Balaban J connectivity index is 2.02. The fraction of sp³-hybridized carbons (Fsp3) is 0.214. The van der Waals surface area contributed by atoms with E-state index in [-0.39, 0.29) is 0 Å². The van der Waals surface area contributed by atoms with Crippen LogP contribution in [-0.4, -0.2) is 9.55 Å². The van der Waals surface area contributed by atoms with Gasteiger partial charge in [-0.05, 0) is 32.0 Å². The predicted octanol–water partition coefficient (Wildman–Crippen LogP) is 4.06. The smallest absolute Gasteiger partial charge is 0.214 e. The summed E-state index contributed by atoms with van der Waals surface area (Å²) >= 11 is 3.56. The van der Waals surface area contributed by atoms with Crippen molar-refractivity contribution in [3.63, 3.8) is 0 Å². The second kappa shape index (κ2) is 4.28. The van der Waals surface area contributed by atoms with E-state index in [4.69, 9.17) is 4.42 Å². The largest absolute Gasteiger partial charge is 0.444 e. The first-order valence-electron chi connectivity index (χ1n) is 5.81. The molecule has 0 unspecified atom stereocenters. The lowest BCUT2D eigenvalue weighted by Crippen LogP contribution is -1.97. The maximum absolute atomic E-state index is 5.62. The van der Waals surface area contributed by atoms with Gasteiger partial charge >= 0.3 is 0 Å². The van der Waals surface area contributed by atoms with Crippen LogP contribution in [0, 0.1) is 13.8 Å². The van der Waals surface area contributed by atoms with Crippen molar-refractivity contribution < 1.29 is 4.42 Å². The van der Waals surface area contributed by atoms with Gasteiger partial charge in [0.1, 0.15) is 5.76 Å². The summed E-state index contributed by atoms with van der Waals surface area (Å²) in [7, 11) is 0. The molecule has 0 atom stereocenters. The Labute approximate surface area is 114 Å². The van der Waals surface area contributed by atoms with Crippen LogP contribution in [0.15, 0.2) is 39.4 Å². The highest BCUT2D eigenvalue weighted by atomic mass is 79.9. The molecule has 0 amide bonds. The summed E-state index contributed by atoms with van der Waals surface area (Å²) in [5, 5.41) is 1.21. The van der Waals surface area contributed by atoms with Gasteiger partial charge in [0, 0.05) is 21.6 Å². The molecule has 0 saturated carbocycles. The van der Waals surface area contributed by atoms with Crippen LogP contribution >= 0.6 is 15.9 Å². The number of hydrogen-bond donors (Lipinski definition) is 0. The molecule has 0 bridgehead atoms. The lowest BCUT2D eigenvalue weighted by Gasteiger charge is -2.02. The zero-order chi connectivity index (χ0) is 12.7. The van der Waals surface area contributed by atoms with Gasteiger partial charge in [-0.15, -0.1) is 0 Å². The fourth-order valence-electron chi connectivity index (χ4n) is 2.08. The highest BCUT2D eigenvalue weighted by Crippen LogP contribution is 2.25. The molecule has 3 rings (SSSR count). The zero-order valence-electron chi connectivity index (χ0n) is 10.3. The van der Waals surface area contributed by atoms with E-state index < -0.39 is 0 Å². The Hall–Kier alpha value is -1.55. The molecule has 18 heavy (non-hydrogen) atoms. The number of oxazole rings is 1. The first-order chi connectivity index (χ1) is 8.65. The Morgan fingerprint density at radius 2 is 2.11 bits per heavy atom. The van der Waals surface area contributed by atoms with Gasteiger partial charge in [0.15, 0.2) is 0 Å². The molecule has 3 nitrogen and oxygen atoms in total. The monoisotopic (exact) mass is 304 g/mol. The molecule has 0 aliphatic rings. The van der Waals surface area contributed by atoms with Crippen molar-refractivity contribution in [2.75, 3.05) is 0 Å². The number of benzene rings is 1. The van der Waals surface area contributed by atoms with Gasteiger partial charge in [-0.2, -0.15) is 0 Å². The van der Waals surface area contributed by atoms with Crippen LogP contribution < -0.4 is 0 Å². The second-order valence-corrected chi connectivity index (χ2v) is 5.22. The minimum Gasteiger partial charge on any atom is -0.444 e. The van der Waals surface area contributed by atoms with Gasteiger partial charge in [-0.1, -0.05) is 22.0 Å². The van der Waals surface area contributed by atoms with E-state index in [1.54, 1.807) is 0 Å². The van der Waals surface area contributed by atoms with Gasteiger partial charge in [0.2, 0.25) is 5.89 Å². The van der Waals surface area contributed by atoms with Crippen molar-refractivity contribution in [1.29, 1.82) is 0 Å². The van der Waals surface area contributed by atoms with E-state index in [2.05, 4.69) is 43.8 Å². The topological polar surface area (TPSA) is 31.0 Å². The number of fused-ring (bicyclic) bond motifs is 1. The summed E-state index contributed by atoms with van der Waals surface area (Å²) < 4.78 is 8.88. The molecule has 92 valence electrons. The van der Waals surface area contributed by atoms with E-state index in [1.807, 2.05) is 26.0 Å². The number of aromatic nitrogens is 2. The minimum atomic E-state index is 0.661. The Morgan fingerprint density at radius 1 is 1.28 bits per heavy atom. The number of halogens is 1. The van der Waals surface area contributed by atoms with E-state index in [0.717, 1.165) is 21.8 Å². The van der Waals surface area contributed by atoms with Crippen LogP contribution in [-0.2, 0) is 6.54 Å². The molecule has 0 aliphatic carbocycles. The van der Waals surface area contributed by atoms with Gasteiger partial charge < -0.3 is 8.98 Å². The van der Waals surface area contributed by atoms with Gasteiger partial charge in [-0.25, -0.2) is 4.98 Å². The lowest BCUT2D eigenvalue weighted by atomic mass is 10.2. The van der Waals surface area contributed by atoms with Gasteiger partial charge in [-0.3, -0.25) is 0 Å². The van der Waals surface area contributed by atoms with Crippen molar-refractivity contribution in [2.45, 2.75) is 20.4 Å². The van der Waals surface area contributed by atoms with Crippen LogP contribution in [0.1, 0.15) is 17.3 Å². The molecule has 1 aromatic carbocycles. The molecule has 3 aromatic rings. The minimum absolute atomic E-state index is 0.661. The van der Waals surface area contributed by atoms with Crippen molar-refractivity contribution in [3.8, 4) is 0 Å². The summed E-state index contributed by atoms with van der Waals surface area (Å²) in [4.78, 5) is 4.42. The summed E-state index contributed by atoms with van der Waals surface area (Å²) in [5.74, 6) is 1.64. The standard InChI is InChI=1S/C14H13BrN2O/c1-9-10(2)18-14(16-9)8-17-7-6-11-12(15)4-3-5-13(11)17/h3-7H,8H2,1-2H3. The molecule has 0 N–H and O–H groups in total. The third-order valence-corrected chi connectivity index (χ3v) is 3.83. The number of nitrogens with zero attached hydrogens (tertiary/aromatic N) is 2. The fourth-order valence-corrected chi connectivity index (χ4v) is 2.56. The average molecular weight is 305 g/mol. The van der Waals surface area contributed by atoms with E-state index in [9.17, 15) is 0 Å². The highest BCUT2D eigenvalue weighted by Gasteiger charge is 2.09. The van der Waals surface area contributed by atoms with Crippen LogP contribution in [0.3, 0.4) is 0 Å². The van der Waals surface area contributed by atoms with Crippen LogP contribution in [0.25, 0.3) is 10.9 Å². The molecule has 0 aliphatic heterocycles. The second-order valence-electron chi connectivity index (χ2n) is 4.37.